The maximum atomic E-state index is 12.2. The van der Waals surface area contributed by atoms with Gasteiger partial charge in [0.2, 0.25) is 10.0 Å². The van der Waals surface area contributed by atoms with Gasteiger partial charge in [0.05, 0.1) is 5.75 Å². The van der Waals surface area contributed by atoms with Crippen LogP contribution in [0.15, 0.2) is 30.3 Å². The zero-order valence-corrected chi connectivity index (χ0v) is 13.1. The lowest BCUT2D eigenvalue weighted by molar-refractivity contribution is 0.428. The molecule has 0 saturated heterocycles. The number of benzene rings is 1. The molecule has 1 aromatic carbocycles. The molecule has 0 amide bonds. The zero-order chi connectivity index (χ0) is 13.4. The topological polar surface area (TPSA) is 37.4 Å². The molecule has 0 saturated carbocycles. The monoisotopic (exact) mass is 333 g/mol. The van der Waals surface area contributed by atoms with E-state index < -0.39 is 10.0 Å². The lowest BCUT2D eigenvalue weighted by Crippen LogP contribution is -2.34. The Morgan fingerprint density at radius 2 is 1.89 bits per heavy atom. The molecule has 102 valence electrons. The van der Waals surface area contributed by atoms with Gasteiger partial charge in [-0.25, -0.2) is 12.7 Å². The second-order valence-corrected chi connectivity index (χ2v) is 6.97. The summed E-state index contributed by atoms with van der Waals surface area (Å²) in [6.45, 7) is 3.03. The van der Waals surface area contributed by atoms with Crippen LogP contribution in [0.4, 0.5) is 0 Å². The highest BCUT2D eigenvalue weighted by molar-refractivity contribution is 9.09. The first-order valence-electron chi connectivity index (χ1n) is 6.18. The van der Waals surface area contributed by atoms with Crippen LogP contribution in [0.2, 0.25) is 0 Å². The number of rotatable bonds is 8. The minimum absolute atomic E-state index is 0.188. The van der Waals surface area contributed by atoms with Crippen molar-refractivity contribution in [1.82, 2.24) is 4.31 Å². The standard InChI is InChI=1S/C13H20BrNO2S/c1-2-15(11-6-10-14)18(16,17)12-9-13-7-4-3-5-8-13/h3-5,7-8H,2,6,9-12H2,1H3. The molecule has 1 aromatic rings. The maximum absolute atomic E-state index is 12.2. The molecule has 0 aliphatic rings. The number of alkyl halides is 1. The van der Waals surface area contributed by atoms with Crippen molar-refractivity contribution >= 4 is 26.0 Å². The van der Waals surface area contributed by atoms with Crippen molar-refractivity contribution in [2.45, 2.75) is 19.8 Å². The molecule has 1 rings (SSSR count). The number of hydrogen-bond acceptors (Lipinski definition) is 2. The number of nitrogens with zero attached hydrogens (tertiary/aromatic N) is 1. The minimum Gasteiger partial charge on any atom is -0.212 e. The van der Waals surface area contributed by atoms with E-state index in [4.69, 9.17) is 0 Å². The Hall–Kier alpha value is -0.390. The van der Waals surface area contributed by atoms with Gasteiger partial charge in [-0.15, -0.1) is 0 Å². The summed E-state index contributed by atoms with van der Waals surface area (Å²) < 4.78 is 25.9. The molecule has 0 aliphatic carbocycles. The van der Waals surface area contributed by atoms with Crippen LogP contribution in [0, 0.1) is 0 Å². The summed E-state index contributed by atoms with van der Waals surface area (Å²) in [5.41, 5.74) is 1.07. The molecule has 0 unspecified atom stereocenters. The molecule has 18 heavy (non-hydrogen) atoms. The Labute approximate surface area is 118 Å². The molecule has 0 N–H and O–H groups in total. The number of sulfonamides is 1. The Kier molecular flexibility index (Phi) is 6.89. The van der Waals surface area contributed by atoms with E-state index in [1.54, 1.807) is 4.31 Å². The predicted molar refractivity (Wildman–Crippen MR) is 79.6 cm³/mol. The number of hydrogen-bond donors (Lipinski definition) is 0. The Balaban J connectivity index is 2.57. The third-order valence-corrected chi connectivity index (χ3v) is 5.29. The van der Waals surface area contributed by atoms with Crippen LogP contribution >= 0.6 is 15.9 Å². The first-order chi connectivity index (χ1) is 8.60. The van der Waals surface area contributed by atoms with E-state index in [1.807, 2.05) is 37.3 Å². The van der Waals surface area contributed by atoms with Gasteiger partial charge in [-0.1, -0.05) is 53.2 Å². The molecule has 0 spiro atoms. The summed E-state index contributed by atoms with van der Waals surface area (Å²) in [4.78, 5) is 0. The van der Waals surface area contributed by atoms with E-state index in [9.17, 15) is 8.42 Å². The van der Waals surface area contributed by atoms with Crippen molar-refractivity contribution in [2.24, 2.45) is 0 Å². The molecule has 0 heterocycles. The fourth-order valence-electron chi connectivity index (χ4n) is 1.75. The first kappa shape index (κ1) is 15.7. The van der Waals surface area contributed by atoms with Crippen molar-refractivity contribution in [2.75, 3.05) is 24.2 Å². The summed E-state index contributed by atoms with van der Waals surface area (Å²) in [6, 6.07) is 9.73. The molecular weight excluding hydrogens is 314 g/mol. The van der Waals surface area contributed by atoms with E-state index in [2.05, 4.69) is 15.9 Å². The third kappa shape index (κ3) is 5.08. The summed E-state index contributed by atoms with van der Waals surface area (Å²) in [5, 5.41) is 0.831. The molecular formula is C13H20BrNO2S. The molecule has 0 aliphatic heterocycles. The highest BCUT2D eigenvalue weighted by Gasteiger charge is 2.19. The van der Waals surface area contributed by atoms with E-state index in [-0.39, 0.29) is 5.75 Å². The molecule has 0 bridgehead atoms. The van der Waals surface area contributed by atoms with Crippen LogP contribution in [-0.4, -0.2) is 36.9 Å². The van der Waals surface area contributed by atoms with E-state index >= 15 is 0 Å². The van der Waals surface area contributed by atoms with Gasteiger partial charge in [0.15, 0.2) is 0 Å². The minimum atomic E-state index is -3.13. The van der Waals surface area contributed by atoms with Gasteiger partial charge in [0, 0.05) is 18.4 Å². The van der Waals surface area contributed by atoms with E-state index in [0.29, 0.717) is 19.5 Å². The molecule has 0 aromatic heterocycles. The van der Waals surface area contributed by atoms with Gasteiger partial charge < -0.3 is 0 Å². The van der Waals surface area contributed by atoms with Gasteiger partial charge in [-0.2, -0.15) is 0 Å². The Morgan fingerprint density at radius 3 is 2.44 bits per heavy atom. The third-order valence-electron chi connectivity index (χ3n) is 2.78. The van der Waals surface area contributed by atoms with Crippen molar-refractivity contribution < 1.29 is 8.42 Å². The molecule has 0 atom stereocenters. The lowest BCUT2D eigenvalue weighted by atomic mass is 10.2. The summed E-state index contributed by atoms with van der Waals surface area (Å²) in [6.07, 6.45) is 1.42. The van der Waals surface area contributed by atoms with Crippen LogP contribution < -0.4 is 0 Å². The molecule has 5 heteroatoms. The fourth-order valence-corrected chi connectivity index (χ4v) is 3.55. The van der Waals surface area contributed by atoms with Crippen molar-refractivity contribution in [1.29, 1.82) is 0 Å². The highest BCUT2D eigenvalue weighted by atomic mass is 79.9. The van der Waals surface area contributed by atoms with E-state index in [0.717, 1.165) is 17.3 Å². The molecule has 0 radical (unpaired) electrons. The number of aryl methyl sites for hydroxylation is 1. The summed E-state index contributed by atoms with van der Waals surface area (Å²) in [5.74, 6) is 0.188. The van der Waals surface area contributed by atoms with Crippen LogP contribution in [0.3, 0.4) is 0 Å². The van der Waals surface area contributed by atoms with Crippen LogP contribution in [0.25, 0.3) is 0 Å². The predicted octanol–water partition coefficient (Wildman–Crippen LogP) is 2.67. The van der Waals surface area contributed by atoms with Crippen LogP contribution in [0.1, 0.15) is 18.9 Å². The van der Waals surface area contributed by atoms with Crippen molar-refractivity contribution in [3.63, 3.8) is 0 Å². The van der Waals surface area contributed by atoms with Gasteiger partial charge in [0.1, 0.15) is 0 Å². The van der Waals surface area contributed by atoms with E-state index in [1.165, 1.54) is 0 Å². The second kappa shape index (κ2) is 7.92. The molecule has 3 nitrogen and oxygen atoms in total. The maximum Gasteiger partial charge on any atom is 0.214 e. The SMILES string of the molecule is CCN(CCCBr)S(=O)(=O)CCc1ccccc1. The smallest absolute Gasteiger partial charge is 0.212 e. The largest absolute Gasteiger partial charge is 0.214 e. The second-order valence-electron chi connectivity index (χ2n) is 4.09. The molecule has 0 fully saturated rings. The van der Waals surface area contributed by atoms with Gasteiger partial charge in [0.25, 0.3) is 0 Å². The van der Waals surface area contributed by atoms with Crippen molar-refractivity contribution in [3.8, 4) is 0 Å². The quantitative estimate of drug-likeness (QED) is 0.686. The Bertz CT molecular complexity index is 434. The number of halogens is 1. The average molecular weight is 334 g/mol. The Morgan fingerprint density at radius 1 is 1.22 bits per heavy atom. The highest BCUT2D eigenvalue weighted by Crippen LogP contribution is 2.08. The van der Waals surface area contributed by atoms with Crippen molar-refractivity contribution in [3.05, 3.63) is 35.9 Å². The zero-order valence-electron chi connectivity index (χ0n) is 10.7. The normalized spacial score (nSPS) is 11.9. The van der Waals surface area contributed by atoms with Gasteiger partial charge in [-0.3, -0.25) is 0 Å². The first-order valence-corrected chi connectivity index (χ1v) is 8.91. The average Bonchev–Trinajstić information content (AvgIpc) is 2.38. The fraction of sp³-hybridized carbons (Fsp3) is 0.538. The van der Waals surface area contributed by atoms with Crippen LogP contribution in [-0.2, 0) is 16.4 Å². The van der Waals surface area contributed by atoms with Crippen LogP contribution in [0.5, 0.6) is 0 Å². The van der Waals surface area contributed by atoms with Gasteiger partial charge >= 0.3 is 0 Å². The summed E-state index contributed by atoms with van der Waals surface area (Å²) in [7, 11) is -3.13. The lowest BCUT2D eigenvalue weighted by Gasteiger charge is -2.19. The summed E-state index contributed by atoms with van der Waals surface area (Å²) >= 11 is 3.33. The van der Waals surface area contributed by atoms with Gasteiger partial charge in [-0.05, 0) is 18.4 Å².